The summed E-state index contributed by atoms with van der Waals surface area (Å²) in [4.78, 5) is 37.7. The Morgan fingerprint density at radius 1 is 1.08 bits per heavy atom. The Labute approximate surface area is 146 Å². The number of nitrogens with one attached hydrogen (secondary N) is 1. The molecule has 1 heterocycles. The lowest BCUT2D eigenvalue weighted by Gasteiger charge is -2.34. The van der Waals surface area contributed by atoms with Crippen molar-refractivity contribution >= 4 is 17.9 Å². The van der Waals surface area contributed by atoms with Gasteiger partial charge in [-0.2, -0.15) is 0 Å². The van der Waals surface area contributed by atoms with Crippen LogP contribution in [0.15, 0.2) is 24.3 Å². The first-order valence-electron chi connectivity index (χ1n) is 8.17. The summed E-state index contributed by atoms with van der Waals surface area (Å²) < 4.78 is 5.49. The molecule has 0 saturated carbocycles. The molecule has 1 fully saturated rings. The van der Waals surface area contributed by atoms with E-state index in [-0.39, 0.29) is 31.5 Å². The molecule has 1 saturated heterocycles. The Kier molecular flexibility index (Phi) is 6.62. The fourth-order valence-electron chi connectivity index (χ4n) is 2.42. The topological polar surface area (TPSA) is 99.2 Å². The largest absolute Gasteiger partial charge is 0.484 e. The molecule has 8 heteroatoms. The maximum Gasteiger partial charge on any atom is 0.317 e. The fourth-order valence-corrected chi connectivity index (χ4v) is 2.42. The molecule has 0 unspecified atom stereocenters. The molecule has 0 radical (unpaired) electrons. The molecule has 1 aromatic rings. The van der Waals surface area contributed by atoms with E-state index in [0.29, 0.717) is 31.9 Å². The van der Waals surface area contributed by atoms with Crippen molar-refractivity contribution in [1.82, 2.24) is 15.1 Å². The quantitative estimate of drug-likeness (QED) is 0.788. The van der Waals surface area contributed by atoms with Gasteiger partial charge in [-0.3, -0.25) is 9.59 Å². The van der Waals surface area contributed by atoms with Gasteiger partial charge in [0, 0.05) is 32.7 Å². The lowest BCUT2D eigenvalue weighted by Crippen LogP contribution is -2.54. The summed E-state index contributed by atoms with van der Waals surface area (Å²) in [5.41, 5.74) is 1.12. The number of piperazine rings is 1. The van der Waals surface area contributed by atoms with Crippen LogP contribution in [0.2, 0.25) is 0 Å². The molecule has 25 heavy (non-hydrogen) atoms. The molecule has 3 amide bonds. The number of amides is 3. The number of hydrogen-bond donors (Lipinski definition) is 2. The minimum Gasteiger partial charge on any atom is -0.484 e. The molecule has 136 valence electrons. The van der Waals surface area contributed by atoms with Gasteiger partial charge in [0.2, 0.25) is 0 Å². The number of carboxylic acids is 1. The van der Waals surface area contributed by atoms with Crippen molar-refractivity contribution in [3.05, 3.63) is 29.8 Å². The summed E-state index contributed by atoms with van der Waals surface area (Å²) in [5, 5.41) is 11.1. The maximum atomic E-state index is 12.2. The molecule has 0 atom stereocenters. The third-order valence-corrected chi connectivity index (χ3v) is 3.92. The van der Waals surface area contributed by atoms with E-state index in [0.717, 1.165) is 5.56 Å². The number of urea groups is 1. The van der Waals surface area contributed by atoms with Crippen LogP contribution < -0.4 is 10.1 Å². The number of benzene rings is 1. The zero-order valence-electron chi connectivity index (χ0n) is 14.2. The van der Waals surface area contributed by atoms with E-state index in [1.54, 1.807) is 9.80 Å². The Hall–Kier alpha value is -2.77. The normalized spacial score (nSPS) is 14.1. The molecular weight excluding hydrogens is 326 g/mol. The SMILES string of the molecule is Cc1ccc(OCC(=O)N2CCN(C(=O)NCCC(=O)O)CC2)cc1. The van der Waals surface area contributed by atoms with Crippen LogP contribution in [-0.4, -0.2) is 72.1 Å². The van der Waals surface area contributed by atoms with Gasteiger partial charge < -0.3 is 25.0 Å². The molecule has 1 aliphatic heterocycles. The lowest BCUT2D eigenvalue weighted by molar-refractivity contribution is -0.137. The number of hydrogen-bond acceptors (Lipinski definition) is 4. The van der Waals surface area contributed by atoms with Crippen LogP contribution in [0.1, 0.15) is 12.0 Å². The van der Waals surface area contributed by atoms with Crippen molar-refractivity contribution in [3.8, 4) is 5.75 Å². The lowest BCUT2D eigenvalue weighted by atomic mass is 10.2. The Morgan fingerprint density at radius 3 is 2.28 bits per heavy atom. The molecule has 0 aromatic heterocycles. The van der Waals surface area contributed by atoms with Gasteiger partial charge in [0.15, 0.2) is 6.61 Å². The zero-order chi connectivity index (χ0) is 18.2. The predicted octanol–water partition coefficient (Wildman–Crippen LogP) is 0.702. The molecular formula is C17H23N3O5. The van der Waals surface area contributed by atoms with Crippen LogP contribution >= 0.6 is 0 Å². The Morgan fingerprint density at radius 2 is 1.68 bits per heavy atom. The summed E-state index contributed by atoms with van der Waals surface area (Å²) in [6.07, 6.45) is -0.111. The van der Waals surface area contributed by atoms with E-state index >= 15 is 0 Å². The molecule has 0 spiro atoms. The van der Waals surface area contributed by atoms with Gasteiger partial charge in [-0.1, -0.05) is 17.7 Å². The van der Waals surface area contributed by atoms with Crippen molar-refractivity contribution in [1.29, 1.82) is 0 Å². The standard InChI is InChI=1S/C17H23N3O5/c1-13-2-4-14(5-3-13)25-12-15(21)19-8-10-20(11-9-19)17(24)18-7-6-16(22)23/h2-5H,6-12H2,1H3,(H,18,24)(H,22,23). The second-order valence-corrected chi connectivity index (χ2v) is 5.85. The van der Waals surface area contributed by atoms with Crippen LogP contribution in [0.25, 0.3) is 0 Å². The highest BCUT2D eigenvalue weighted by molar-refractivity contribution is 5.79. The number of nitrogens with zero attached hydrogens (tertiary/aromatic N) is 2. The summed E-state index contributed by atoms with van der Waals surface area (Å²) in [6.45, 7) is 3.73. The predicted molar refractivity (Wildman–Crippen MR) is 90.5 cm³/mol. The number of rotatable bonds is 6. The first-order valence-corrected chi connectivity index (χ1v) is 8.17. The highest BCUT2D eigenvalue weighted by Crippen LogP contribution is 2.12. The third-order valence-electron chi connectivity index (χ3n) is 3.92. The molecule has 1 aromatic carbocycles. The molecule has 1 aliphatic rings. The van der Waals surface area contributed by atoms with E-state index in [2.05, 4.69) is 5.32 Å². The summed E-state index contributed by atoms with van der Waals surface area (Å²) in [5.74, 6) is -0.425. The van der Waals surface area contributed by atoms with Gasteiger partial charge in [0.25, 0.3) is 5.91 Å². The van der Waals surface area contributed by atoms with Gasteiger partial charge in [-0.05, 0) is 19.1 Å². The number of ether oxygens (including phenoxy) is 1. The minimum absolute atomic E-state index is 0.0339. The van der Waals surface area contributed by atoms with Gasteiger partial charge in [0.1, 0.15) is 5.75 Å². The molecule has 2 N–H and O–H groups in total. The molecule has 0 bridgehead atoms. The Bertz CT molecular complexity index is 609. The van der Waals surface area contributed by atoms with Gasteiger partial charge in [-0.15, -0.1) is 0 Å². The average Bonchev–Trinajstić information content (AvgIpc) is 2.60. The maximum absolute atomic E-state index is 12.2. The van der Waals surface area contributed by atoms with E-state index in [9.17, 15) is 14.4 Å². The number of carboxylic acid groups (broad SMARTS) is 1. The van der Waals surface area contributed by atoms with E-state index in [1.165, 1.54) is 0 Å². The smallest absolute Gasteiger partial charge is 0.317 e. The number of aliphatic carboxylic acids is 1. The van der Waals surface area contributed by atoms with Crippen LogP contribution in [-0.2, 0) is 9.59 Å². The van der Waals surface area contributed by atoms with Crippen LogP contribution in [0, 0.1) is 6.92 Å². The molecule has 8 nitrogen and oxygen atoms in total. The second-order valence-electron chi connectivity index (χ2n) is 5.85. The summed E-state index contributed by atoms with van der Waals surface area (Å²) >= 11 is 0. The van der Waals surface area contributed by atoms with E-state index < -0.39 is 5.97 Å². The van der Waals surface area contributed by atoms with Crippen LogP contribution in [0.5, 0.6) is 5.75 Å². The van der Waals surface area contributed by atoms with Crippen molar-refractivity contribution in [3.63, 3.8) is 0 Å². The fraction of sp³-hybridized carbons (Fsp3) is 0.471. The summed E-state index contributed by atoms with van der Waals surface area (Å²) in [7, 11) is 0. The first kappa shape index (κ1) is 18.6. The van der Waals surface area contributed by atoms with Crippen LogP contribution in [0.3, 0.4) is 0 Å². The average molecular weight is 349 g/mol. The highest BCUT2D eigenvalue weighted by atomic mass is 16.5. The number of aryl methyl sites for hydroxylation is 1. The zero-order valence-corrected chi connectivity index (χ0v) is 14.2. The monoisotopic (exact) mass is 349 g/mol. The van der Waals surface area contributed by atoms with Crippen molar-refractivity contribution < 1.29 is 24.2 Å². The number of carbonyl (C=O) groups is 3. The van der Waals surface area contributed by atoms with Crippen LogP contribution in [0.4, 0.5) is 4.79 Å². The van der Waals surface area contributed by atoms with Crippen molar-refractivity contribution in [2.24, 2.45) is 0 Å². The highest BCUT2D eigenvalue weighted by Gasteiger charge is 2.24. The van der Waals surface area contributed by atoms with E-state index in [4.69, 9.17) is 9.84 Å². The van der Waals surface area contributed by atoms with Crippen molar-refractivity contribution in [2.75, 3.05) is 39.3 Å². The molecule has 0 aliphatic carbocycles. The second kappa shape index (κ2) is 8.91. The number of carbonyl (C=O) groups excluding carboxylic acids is 2. The molecule has 2 rings (SSSR count). The van der Waals surface area contributed by atoms with Gasteiger partial charge in [0.05, 0.1) is 6.42 Å². The minimum atomic E-state index is -0.954. The first-order chi connectivity index (χ1) is 12.0. The van der Waals surface area contributed by atoms with E-state index in [1.807, 2.05) is 31.2 Å². The third kappa shape index (κ3) is 5.98. The van der Waals surface area contributed by atoms with Crippen molar-refractivity contribution in [2.45, 2.75) is 13.3 Å². The van der Waals surface area contributed by atoms with Gasteiger partial charge >= 0.3 is 12.0 Å². The van der Waals surface area contributed by atoms with Gasteiger partial charge in [-0.25, -0.2) is 4.79 Å². The summed E-state index contributed by atoms with van der Waals surface area (Å²) in [6, 6.07) is 7.18. The Balaban J connectivity index is 1.70.